The molecule has 0 spiro atoms. The summed E-state index contributed by atoms with van der Waals surface area (Å²) in [4.78, 5) is 11.2. The van der Waals surface area contributed by atoms with Gasteiger partial charge in [0.2, 0.25) is 0 Å². The summed E-state index contributed by atoms with van der Waals surface area (Å²) in [6.07, 6.45) is 0. The maximum Gasteiger partial charge on any atom is 1.00 e. The summed E-state index contributed by atoms with van der Waals surface area (Å²) in [5.74, 6) is 0.377. The van der Waals surface area contributed by atoms with Crippen LogP contribution in [0.4, 0.5) is 0 Å². The minimum Gasteiger partial charge on any atom is -0.793 e. The van der Waals surface area contributed by atoms with Gasteiger partial charge in [-0.2, -0.15) is 0 Å². The first kappa shape index (κ1) is 17.0. The first-order valence-corrected chi connectivity index (χ1v) is 7.52. The average Bonchev–Trinajstić information content (AvgIpc) is 1.84. The maximum absolute atomic E-state index is 11.2. The molecule has 12 heavy (non-hydrogen) atoms. The van der Waals surface area contributed by atoms with Crippen LogP contribution in [0.3, 0.4) is 0 Å². The van der Waals surface area contributed by atoms with Crippen molar-refractivity contribution < 1.29 is 60.8 Å². The van der Waals surface area contributed by atoms with E-state index in [4.69, 9.17) is 16.1 Å². The molecular weight excluding hydrogens is 262 g/mol. The number of rotatable bonds is 5. The zero-order valence-electron chi connectivity index (χ0n) is 7.08. The van der Waals surface area contributed by atoms with Gasteiger partial charge in [0.1, 0.15) is 0 Å². The fourth-order valence-electron chi connectivity index (χ4n) is 0.344. The molecule has 0 bridgehead atoms. The maximum atomic E-state index is 11.2. The van der Waals surface area contributed by atoms with Crippen molar-refractivity contribution >= 4 is 40.5 Å². The molecule has 7 heteroatoms. The molecule has 0 aliphatic rings. The molecule has 0 rings (SSSR count). The molecule has 1 atom stereocenters. The van der Waals surface area contributed by atoms with Crippen molar-refractivity contribution in [1.29, 1.82) is 0 Å². The Morgan fingerprint density at radius 3 is 2.67 bits per heavy atom. The van der Waals surface area contributed by atoms with Gasteiger partial charge in [-0.05, 0) is 6.92 Å². The van der Waals surface area contributed by atoms with E-state index in [9.17, 15) is 4.89 Å². The van der Waals surface area contributed by atoms with Gasteiger partial charge in [-0.15, -0.1) is 11.4 Å². The van der Waals surface area contributed by atoms with Crippen LogP contribution in [0, 0.1) is 0 Å². The van der Waals surface area contributed by atoms with Crippen LogP contribution in [0.2, 0.25) is 0 Å². The molecule has 0 radical (unpaired) electrons. The Balaban J connectivity index is 0. The predicted octanol–water partition coefficient (Wildman–Crippen LogP) is -0.903. The van der Waals surface area contributed by atoms with Crippen LogP contribution >= 0.6 is 28.7 Å². The van der Waals surface area contributed by atoms with Crippen molar-refractivity contribution in [3.05, 3.63) is 11.6 Å². The molecule has 0 heterocycles. The van der Waals surface area contributed by atoms with Crippen molar-refractivity contribution in [2.75, 3.05) is 12.4 Å². The third-order valence-corrected chi connectivity index (χ3v) is 5.24. The molecule has 0 fully saturated rings. The van der Waals surface area contributed by atoms with Crippen LogP contribution in [0.15, 0.2) is 11.6 Å². The molecule has 0 aromatic heterocycles. The predicted molar refractivity (Wildman–Crippen MR) is 53.4 cm³/mol. The molecule has 66 valence electrons. The summed E-state index contributed by atoms with van der Waals surface area (Å²) in [6, 6.07) is 0. The van der Waals surface area contributed by atoms with Crippen molar-refractivity contribution in [1.82, 2.24) is 0 Å². The Labute approximate surface area is 130 Å². The quantitative estimate of drug-likeness (QED) is 0.479. The van der Waals surface area contributed by atoms with E-state index >= 15 is 0 Å². The SMILES string of the molecule is C=C(Cl)CSP([O-])(=S)OCC.[K+]. The fourth-order valence-corrected chi connectivity index (χ4v) is 3.70. The Morgan fingerprint density at radius 1 is 1.83 bits per heavy atom. The number of hydrogen-bond acceptors (Lipinski definition) is 4. The van der Waals surface area contributed by atoms with Gasteiger partial charge < -0.3 is 9.42 Å². The molecular formula is C5H9ClKO2PS2. The van der Waals surface area contributed by atoms with Gasteiger partial charge >= 0.3 is 51.4 Å². The van der Waals surface area contributed by atoms with Crippen molar-refractivity contribution in [2.45, 2.75) is 6.92 Å². The van der Waals surface area contributed by atoms with Crippen molar-refractivity contribution in [2.24, 2.45) is 0 Å². The minimum atomic E-state index is -2.89. The molecule has 0 aromatic rings. The largest absolute Gasteiger partial charge is 1.00 e. The Kier molecular flexibility index (Phi) is 12.5. The first-order chi connectivity index (χ1) is 4.98. The summed E-state index contributed by atoms with van der Waals surface area (Å²) in [5, 5.41) is 0.430. The smallest absolute Gasteiger partial charge is 0.793 e. The van der Waals surface area contributed by atoms with E-state index in [0.717, 1.165) is 11.4 Å². The first-order valence-electron chi connectivity index (χ1n) is 2.91. The second-order valence-corrected chi connectivity index (χ2v) is 8.24. The van der Waals surface area contributed by atoms with Crippen LogP contribution < -0.4 is 56.3 Å². The van der Waals surface area contributed by atoms with Crippen LogP contribution in [0.1, 0.15) is 6.92 Å². The van der Waals surface area contributed by atoms with E-state index < -0.39 is 5.69 Å². The third-order valence-electron chi connectivity index (χ3n) is 0.666. The Bertz CT molecular complexity index is 190. The van der Waals surface area contributed by atoms with E-state index in [1.165, 1.54) is 0 Å². The van der Waals surface area contributed by atoms with Crippen LogP contribution in [0.5, 0.6) is 0 Å². The Hall–Kier alpha value is 2.59. The third kappa shape index (κ3) is 10.7. The monoisotopic (exact) mass is 270 g/mol. The molecule has 1 unspecified atom stereocenters. The zero-order chi connectivity index (χ0) is 8.91. The number of hydrogen-bond donors (Lipinski definition) is 0. The van der Waals surface area contributed by atoms with Crippen LogP contribution in [0.25, 0.3) is 0 Å². The topological polar surface area (TPSA) is 32.3 Å². The fraction of sp³-hybridized carbons (Fsp3) is 0.600. The summed E-state index contributed by atoms with van der Waals surface area (Å²) < 4.78 is 4.81. The van der Waals surface area contributed by atoms with Gasteiger partial charge in [-0.25, -0.2) is 0 Å². The zero-order valence-corrected chi connectivity index (χ0v) is 13.5. The molecule has 0 saturated heterocycles. The van der Waals surface area contributed by atoms with Crippen LogP contribution in [-0.2, 0) is 16.3 Å². The van der Waals surface area contributed by atoms with Gasteiger partial charge in [0.05, 0.1) is 0 Å². The second-order valence-electron chi connectivity index (χ2n) is 1.66. The van der Waals surface area contributed by atoms with Crippen LogP contribution in [-0.4, -0.2) is 12.4 Å². The van der Waals surface area contributed by atoms with Gasteiger partial charge in [-0.3, -0.25) is 0 Å². The molecule has 2 nitrogen and oxygen atoms in total. The van der Waals surface area contributed by atoms with E-state index in [0.29, 0.717) is 17.4 Å². The molecule has 0 aliphatic heterocycles. The normalized spacial score (nSPS) is 14.6. The van der Waals surface area contributed by atoms with E-state index in [2.05, 4.69) is 18.4 Å². The Morgan fingerprint density at radius 2 is 2.33 bits per heavy atom. The van der Waals surface area contributed by atoms with Gasteiger partial charge in [0, 0.05) is 23.1 Å². The average molecular weight is 271 g/mol. The van der Waals surface area contributed by atoms with Crippen molar-refractivity contribution in [3.8, 4) is 0 Å². The second kappa shape index (κ2) is 8.86. The van der Waals surface area contributed by atoms with E-state index in [1.807, 2.05) is 0 Å². The summed E-state index contributed by atoms with van der Waals surface area (Å²) in [6.45, 7) is 5.55. The van der Waals surface area contributed by atoms with Gasteiger partial charge in [-0.1, -0.05) is 30.0 Å². The molecule has 0 saturated carbocycles. The summed E-state index contributed by atoms with van der Waals surface area (Å²) in [5.41, 5.74) is -2.89. The molecule has 0 amide bonds. The van der Waals surface area contributed by atoms with E-state index in [-0.39, 0.29) is 51.4 Å². The standard InChI is InChI=1S/C5H10ClO2PS2.K/c1-3-8-9(7,10)11-4-5(2)6;/h2-4H2,1H3,(H,7,10);/q;+1/p-1. The summed E-state index contributed by atoms with van der Waals surface area (Å²) in [7, 11) is 0. The van der Waals surface area contributed by atoms with Gasteiger partial charge in [0.25, 0.3) is 0 Å². The number of halogens is 1. The van der Waals surface area contributed by atoms with E-state index in [1.54, 1.807) is 6.92 Å². The molecule has 0 aromatic carbocycles. The van der Waals surface area contributed by atoms with Gasteiger partial charge in [0.15, 0.2) is 0 Å². The van der Waals surface area contributed by atoms with Crippen molar-refractivity contribution in [3.63, 3.8) is 0 Å². The summed E-state index contributed by atoms with van der Waals surface area (Å²) >= 11 is 11.1. The molecule has 0 N–H and O–H groups in total. The minimum absolute atomic E-state index is 0. The molecule has 0 aliphatic carbocycles.